The number of alkyl halides is 1. The number of para-hydroxylation sites is 2. The molecule has 1 amide bonds. The summed E-state index contributed by atoms with van der Waals surface area (Å²) in [5.74, 6) is 0.974. The predicted octanol–water partition coefficient (Wildman–Crippen LogP) is 4.39. The Morgan fingerprint density at radius 2 is 1.85 bits per heavy atom. The molecule has 1 N–H and O–H groups in total. The number of benzene rings is 2. The van der Waals surface area contributed by atoms with E-state index in [0.29, 0.717) is 11.8 Å². The first-order valence-corrected chi connectivity index (χ1v) is 10.1. The molecular weight excluding hydrogens is 360 g/mol. The van der Waals surface area contributed by atoms with E-state index in [2.05, 4.69) is 5.32 Å². The Labute approximate surface area is 164 Å². The summed E-state index contributed by atoms with van der Waals surface area (Å²) >= 11 is 6.55. The second kappa shape index (κ2) is 6.54. The van der Waals surface area contributed by atoms with Gasteiger partial charge >= 0.3 is 0 Å². The molecule has 2 aromatic carbocycles. The van der Waals surface area contributed by atoms with Crippen molar-refractivity contribution in [3.8, 4) is 0 Å². The number of nitrogens with zero attached hydrogens (tertiary/aromatic N) is 1. The molecule has 2 aliphatic carbocycles. The van der Waals surface area contributed by atoms with Gasteiger partial charge in [0, 0.05) is 22.9 Å². The lowest BCUT2D eigenvalue weighted by Crippen LogP contribution is -2.45. The molecule has 2 aromatic rings. The maximum Gasteiger partial charge on any atom is 0.250 e. The first-order valence-electron chi connectivity index (χ1n) is 9.65. The van der Waals surface area contributed by atoms with Gasteiger partial charge in [0.15, 0.2) is 0 Å². The van der Waals surface area contributed by atoms with E-state index in [1.54, 1.807) is 0 Å². The summed E-state index contributed by atoms with van der Waals surface area (Å²) in [7, 11) is 0. The number of fused-ring (bicyclic) bond motifs is 5. The second-order valence-electron chi connectivity index (χ2n) is 7.97. The maximum atomic E-state index is 13.4. The number of carbonyl (C=O) groups excluding carboxylic acids is 1. The molecule has 4 nitrogen and oxygen atoms in total. The van der Waals surface area contributed by atoms with Crippen LogP contribution in [0.3, 0.4) is 0 Å². The second-order valence-corrected chi connectivity index (χ2v) is 8.53. The van der Waals surface area contributed by atoms with Gasteiger partial charge < -0.3 is 5.32 Å². The Morgan fingerprint density at radius 3 is 2.63 bits per heavy atom. The summed E-state index contributed by atoms with van der Waals surface area (Å²) in [5.41, 5.74) is 2.83. The molecule has 0 unspecified atom stereocenters. The van der Waals surface area contributed by atoms with Crippen molar-refractivity contribution in [3.63, 3.8) is 0 Å². The lowest BCUT2D eigenvalue weighted by atomic mass is 9.81. The molecule has 5 rings (SSSR count). The normalized spacial score (nSPS) is 33.9. The highest BCUT2D eigenvalue weighted by Crippen LogP contribution is 2.57. The quantitative estimate of drug-likeness (QED) is 0.800. The van der Waals surface area contributed by atoms with Crippen molar-refractivity contribution < 1.29 is 9.63 Å². The van der Waals surface area contributed by atoms with Gasteiger partial charge in [0.25, 0.3) is 0 Å². The number of anilines is 2. The molecule has 27 heavy (non-hydrogen) atoms. The monoisotopic (exact) mass is 382 g/mol. The van der Waals surface area contributed by atoms with Gasteiger partial charge in [-0.1, -0.05) is 36.4 Å². The Morgan fingerprint density at radius 1 is 1.11 bits per heavy atom. The van der Waals surface area contributed by atoms with Crippen molar-refractivity contribution in [1.29, 1.82) is 0 Å². The van der Waals surface area contributed by atoms with Gasteiger partial charge in [-0.3, -0.25) is 9.63 Å². The molecule has 2 saturated carbocycles. The molecule has 140 valence electrons. The van der Waals surface area contributed by atoms with Crippen LogP contribution < -0.4 is 10.4 Å². The van der Waals surface area contributed by atoms with Gasteiger partial charge in [-0.05, 0) is 49.4 Å². The van der Waals surface area contributed by atoms with Crippen LogP contribution in [0.2, 0.25) is 0 Å². The van der Waals surface area contributed by atoms with E-state index in [1.165, 1.54) is 0 Å². The van der Waals surface area contributed by atoms with Crippen LogP contribution in [-0.2, 0) is 9.63 Å². The molecule has 0 spiro atoms. The van der Waals surface area contributed by atoms with Crippen molar-refractivity contribution in [3.05, 3.63) is 60.2 Å². The molecule has 5 heteroatoms. The third kappa shape index (κ3) is 2.74. The fraction of sp³-hybridized carbons (Fsp3) is 0.409. The van der Waals surface area contributed by atoms with Crippen molar-refractivity contribution in [2.24, 2.45) is 17.8 Å². The number of hydrogen-bond acceptors (Lipinski definition) is 3. The highest BCUT2D eigenvalue weighted by Gasteiger charge is 2.62. The lowest BCUT2D eigenvalue weighted by molar-refractivity contribution is -0.118. The zero-order valence-corrected chi connectivity index (χ0v) is 16.0. The minimum absolute atomic E-state index is 0.000625. The van der Waals surface area contributed by atoms with Crippen LogP contribution in [0.4, 0.5) is 11.4 Å². The van der Waals surface area contributed by atoms with E-state index in [9.17, 15) is 4.79 Å². The first kappa shape index (κ1) is 17.1. The number of aryl methyl sites for hydroxylation is 1. The summed E-state index contributed by atoms with van der Waals surface area (Å²) in [4.78, 5) is 19.8. The standard InChI is InChI=1S/C22H23ClN2O2/c1-13-7-5-6-10-18(13)24-22(26)20-19-14-11-16(17(23)12-14)21(19)27-25(20)15-8-3-2-4-9-15/h2-10,14,16-17,19-21H,11-12H2,1H3,(H,24,26)/t14-,16-,17-,19-,20+,21-/m1/s1. The number of hydroxylamine groups is 1. The summed E-state index contributed by atoms with van der Waals surface area (Å²) in [5, 5.41) is 5.13. The molecule has 1 saturated heterocycles. The Kier molecular flexibility index (Phi) is 4.14. The van der Waals surface area contributed by atoms with Crippen LogP contribution >= 0.6 is 11.6 Å². The van der Waals surface area contributed by atoms with Gasteiger partial charge in [-0.15, -0.1) is 11.6 Å². The number of carbonyl (C=O) groups is 1. The van der Waals surface area contributed by atoms with Gasteiger partial charge in [0.1, 0.15) is 6.04 Å². The molecule has 3 aliphatic rings. The fourth-order valence-electron chi connectivity index (χ4n) is 5.20. The van der Waals surface area contributed by atoms with Crippen molar-refractivity contribution in [2.45, 2.75) is 37.3 Å². The Balaban J connectivity index is 1.48. The topological polar surface area (TPSA) is 41.6 Å². The minimum atomic E-state index is -0.337. The van der Waals surface area contributed by atoms with E-state index in [-0.39, 0.29) is 29.3 Å². The van der Waals surface area contributed by atoms with Crippen molar-refractivity contribution in [1.82, 2.24) is 0 Å². The summed E-state index contributed by atoms with van der Waals surface area (Å²) in [6.45, 7) is 2.01. The van der Waals surface area contributed by atoms with Crippen LogP contribution in [-0.4, -0.2) is 23.4 Å². The molecule has 0 aromatic heterocycles. The number of rotatable bonds is 3. The fourth-order valence-corrected chi connectivity index (χ4v) is 5.68. The van der Waals surface area contributed by atoms with Crippen molar-refractivity contribution >= 4 is 28.9 Å². The van der Waals surface area contributed by atoms with Crippen LogP contribution in [0.25, 0.3) is 0 Å². The van der Waals surface area contributed by atoms with Crippen LogP contribution in [0.15, 0.2) is 54.6 Å². The smallest absolute Gasteiger partial charge is 0.250 e. The first-order chi connectivity index (χ1) is 13.1. The summed E-state index contributed by atoms with van der Waals surface area (Å²) in [6.07, 6.45) is 2.08. The molecule has 0 radical (unpaired) electrons. The van der Waals surface area contributed by atoms with E-state index >= 15 is 0 Å². The number of nitrogens with one attached hydrogen (secondary N) is 1. The Hall–Kier alpha value is -2.04. The highest BCUT2D eigenvalue weighted by atomic mass is 35.5. The van der Waals surface area contributed by atoms with Crippen LogP contribution in [0, 0.1) is 24.7 Å². The number of halogens is 1. The van der Waals surface area contributed by atoms with Gasteiger partial charge in [-0.25, -0.2) is 5.06 Å². The highest BCUT2D eigenvalue weighted by molar-refractivity contribution is 6.21. The van der Waals surface area contributed by atoms with E-state index in [4.69, 9.17) is 16.4 Å². The SMILES string of the molecule is Cc1ccccc1NC(=O)[C@@H]1[C@H]2[C@@H]3C[C@@H]([C@H]2ON1c1ccccc1)[C@H](Cl)C3. The van der Waals surface area contributed by atoms with Gasteiger partial charge in [0.2, 0.25) is 5.91 Å². The summed E-state index contributed by atoms with van der Waals surface area (Å²) in [6, 6.07) is 17.5. The van der Waals surface area contributed by atoms with E-state index in [0.717, 1.165) is 29.8 Å². The third-order valence-corrected chi connectivity index (χ3v) is 6.95. The zero-order valence-electron chi connectivity index (χ0n) is 15.2. The molecular formula is C22H23ClN2O2. The van der Waals surface area contributed by atoms with Gasteiger partial charge in [0.05, 0.1) is 11.8 Å². The predicted molar refractivity (Wildman–Crippen MR) is 107 cm³/mol. The molecule has 1 heterocycles. The number of hydrogen-bond donors (Lipinski definition) is 1. The van der Waals surface area contributed by atoms with Gasteiger partial charge in [-0.2, -0.15) is 0 Å². The average molecular weight is 383 g/mol. The maximum absolute atomic E-state index is 13.4. The molecule has 1 aliphatic heterocycles. The summed E-state index contributed by atoms with van der Waals surface area (Å²) < 4.78 is 0. The largest absolute Gasteiger partial charge is 0.324 e. The number of amides is 1. The lowest BCUT2D eigenvalue weighted by Gasteiger charge is -2.29. The molecule has 3 fully saturated rings. The zero-order chi connectivity index (χ0) is 18.5. The van der Waals surface area contributed by atoms with E-state index < -0.39 is 0 Å². The molecule has 6 atom stereocenters. The van der Waals surface area contributed by atoms with Crippen LogP contribution in [0.1, 0.15) is 18.4 Å². The van der Waals surface area contributed by atoms with E-state index in [1.807, 2.05) is 66.6 Å². The third-order valence-electron chi connectivity index (χ3n) is 6.45. The Bertz CT molecular complexity index is 858. The average Bonchev–Trinajstić information content (AvgIpc) is 3.34. The molecule has 2 bridgehead atoms. The minimum Gasteiger partial charge on any atom is -0.324 e. The van der Waals surface area contributed by atoms with Crippen molar-refractivity contribution in [2.75, 3.05) is 10.4 Å². The van der Waals surface area contributed by atoms with Crippen LogP contribution in [0.5, 0.6) is 0 Å².